The van der Waals surface area contributed by atoms with Crippen molar-refractivity contribution in [1.82, 2.24) is 0 Å². The molecule has 2 N–H and O–H groups in total. The van der Waals surface area contributed by atoms with Crippen LogP contribution in [0.15, 0.2) is 24.3 Å². The first-order valence-corrected chi connectivity index (χ1v) is 6.43. The van der Waals surface area contributed by atoms with Gasteiger partial charge in [-0.15, -0.1) is 0 Å². The third kappa shape index (κ3) is 2.83. The first-order chi connectivity index (χ1) is 8.68. The average molecular weight is 251 g/mol. The van der Waals surface area contributed by atoms with E-state index in [-0.39, 0.29) is 6.10 Å². The van der Waals surface area contributed by atoms with Crippen LogP contribution in [0.25, 0.3) is 0 Å². The first kappa shape index (κ1) is 13.3. The summed E-state index contributed by atoms with van der Waals surface area (Å²) >= 11 is 0. The predicted octanol–water partition coefficient (Wildman–Crippen LogP) is 2.02. The molecule has 2 rings (SSSR count). The van der Waals surface area contributed by atoms with Crippen LogP contribution < -0.4 is 10.5 Å². The van der Waals surface area contributed by atoms with Crippen LogP contribution in [0.3, 0.4) is 0 Å². The molecule has 1 aliphatic heterocycles. The molecule has 0 saturated carbocycles. The van der Waals surface area contributed by atoms with Crippen LogP contribution in [0.5, 0.6) is 5.75 Å². The fourth-order valence-corrected chi connectivity index (χ4v) is 1.98. The van der Waals surface area contributed by atoms with E-state index < -0.39 is 5.79 Å². The molecule has 0 spiro atoms. The van der Waals surface area contributed by atoms with Crippen molar-refractivity contribution in [2.75, 3.05) is 19.8 Å². The average Bonchev–Trinajstić information content (AvgIpc) is 2.80. The summed E-state index contributed by atoms with van der Waals surface area (Å²) < 4.78 is 17.1. The summed E-state index contributed by atoms with van der Waals surface area (Å²) in [6, 6.07) is 7.84. The smallest absolute Gasteiger partial charge is 0.192 e. The molecule has 2 atom stereocenters. The Morgan fingerprint density at radius 2 is 2.11 bits per heavy atom. The van der Waals surface area contributed by atoms with Crippen LogP contribution >= 0.6 is 0 Å². The van der Waals surface area contributed by atoms with Gasteiger partial charge in [0.1, 0.15) is 5.75 Å². The molecule has 1 heterocycles. The van der Waals surface area contributed by atoms with Gasteiger partial charge in [-0.3, -0.25) is 0 Å². The Morgan fingerprint density at radius 1 is 1.39 bits per heavy atom. The molecule has 100 valence electrons. The third-order valence-electron chi connectivity index (χ3n) is 3.05. The SMILES string of the molecule is CCCOc1ccc(C2(C)OCC(CN)O2)cc1. The van der Waals surface area contributed by atoms with Gasteiger partial charge in [0.05, 0.1) is 19.3 Å². The minimum atomic E-state index is -0.687. The van der Waals surface area contributed by atoms with Gasteiger partial charge < -0.3 is 19.9 Å². The summed E-state index contributed by atoms with van der Waals surface area (Å²) in [5.74, 6) is 0.186. The molecule has 4 nitrogen and oxygen atoms in total. The van der Waals surface area contributed by atoms with E-state index in [1.165, 1.54) is 0 Å². The number of hydrogen-bond donors (Lipinski definition) is 1. The van der Waals surface area contributed by atoms with Crippen LogP contribution in [0.1, 0.15) is 25.8 Å². The van der Waals surface area contributed by atoms with E-state index in [4.69, 9.17) is 19.9 Å². The molecule has 1 aliphatic rings. The number of benzene rings is 1. The highest BCUT2D eigenvalue weighted by Crippen LogP contribution is 2.34. The largest absolute Gasteiger partial charge is 0.494 e. The van der Waals surface area contributed by atoms with Gasteiger partial charge in [0.15, 0.2) is 5.79 Å². The monoisotopic (exact) mass is 251 g/mol. The molecule has 1 fully saturated rings. The first-order valence-electron chi connectivity index (χ1n) is 6.43. The topological polar surface area (TPSA) is 53.7 Å². The summed E-state index contributed by atoms with van der Waals surface area (Å²) in [4.78, 5) is 0. The molecule has 4 heteroatoms. The maximum Gasteiger partial charge on any atom is 0.192 e. The summed E-state index contributed by atoms with van der Waals surface area (Å²) in [6.07, 6.45) is 0.982. The zero-order chi connectivity index (χ0) is 13.0. The molecule has 0 bridgehead atoms. The maximum absolute atomic E-state index is 5.82. The Labute approximate surface area is 108 Å². The van der Waals surface area contributed by atoms with Crippen molar-refractivity contribution in [3.8, 4) is 5.75 Å². The number of rotatable bonds is 5. The number of nitrogens with two attached hydrogens (primary N) is 1. The maximum atomic E-state index is 5.82. The predicted molar refractivity (Wildman–Crippen MR) is 69.5 cm³/mol. The molecule has 0 aliphatic carbocycles. The van der Waals surface area contributed by atoms with Gasteiger partial charge in [0.2, 0.25) is 0 Å². The van der Waals surface area contributed by atoms with E-state index in [1.807, 2.05) is 31.2 Å². The molecular weight excluding hydrogens is 230 g/mol. The van der Waals surface area contributed by atoms with E-state index in [0.29, 0.717) is 13.2 Å². The molecular formula is C14H21NO3. The highest BCUT2D eigenvalue weighted by molar-refractivity contribution is 5.30. The van der Waals surface area contributed by atoms with E-state index in [9.17, 15) is 0 Å². The van der Waals surface area contributed by atoms with Crippen molar-refractivity contribution in [2.24, 2.45) is 5.73 Å². The van der Waals surface area contributed by atoms with Gasteiger partial charge in [0.25, 0.3) is 0 Å². The number of ether oxygens (including phenoxy) is 3. The van der Waals surface area contributed by atoms with Gasteiger partial charge >= 0.3 is 0 Å². The van der Waals surface area contributed by atoms with Crippen molar-refractivity contribution in [3.05, 3.63) is 29.8 Å². The Kier molecular flexibility index (Phi) is 4.22. The summed E-state index contributed by atoms with van der Waals surface area (Å²) in [5, 5.41) is 0. The van der Waals surface area contributed by atoms with Gasteiger partial charge in [-0.25, -0.2) is 0 Å². The second-order valence-electron chi connectivity index (χ2n) is 4.61. The summed E-state index contributed by atoms with van der Waals surface area (Å²) in [7, 11) is 0. The van der Waals surface area contributed by atoms with E-state index in [2.05, 4.69) is 6.92 Å². The lowest BCUT2D eigenvalue weighted by Gasteiger charge is -2.23. The van der Waals surface area contributed by atoms with Gasteiger partial charge in [-0.2, -0.15) is 0 Å². The van der Waals surface area contributed by atoms with Gasteiger partial charge in [-0.1, -0.05) is 6.92 Å². The van der Waals surface area contributed by atoms with Crippen LogP contribution in [-0.4, -0.2) is 25.9 Å². The normalized spacial score (nSPS) is 27.4. The van der Waals surface area contributed by atoms with Crippen molar-refractivity contribution < 1.29 is 14.2 Å². The molecule has 0 radical (unpaired) electrons. The van der Waals surface area contributed by atoms with Crippen molar-refractivity contribution in [3.63, 3.8) is 0 Å². The quantitative estimate of drug-likeness (QED) is 0.870. The Bertz CT molecular complexity index is 379. The Balaban J connectivity index is 2.05. The van der Waals surface area contributed by atoms with Crippen LogP contribution in [0, 0.1) is 0 Å². The molecule has 1 saturated heterocycles. The van der Waals surface area contributed by atoms with E-state index >= 15 is 0 Å². The Hall–Kier alpha value is -1.10. The standard InChI is InChI=1S/C14H21NO3/c1-3-8-16-12-6-4-11(5-7-12)14(2)17-10-13(9-15)18-14/h4-7,13H,3,8-10,15H2,1-2H3. The van der Waals surface area contributed by atoms with Crippen molar-refractivity contribution in [2.45, 2.75) is 32.2 Å². The van der Waals surface area contributed by atoms with Crippen LogP contribution in [-0.2, 0) is 15.3 Å². The summed E-state index contributed by atoms with van der Waals surface area (Å²) in [5.41, 5.74) is 6.58. The lowest BCUT2D eigenvalue weighted by Crippen LogP contribution is -2.27. The van der Waals surface area contributed by atoms with Crippen LogP contribution in [0.2, 0.25) is 0 Å². The lowest BCUT2D eigenvalue weighted by molar-refractivity contribution is -0.160. The fourth-order valence-electron chi connectivity index (χ4n) is 1.98. The van der Waals surface area contributed by atoms with Gasteiger partial charge in [-0.05, 0) is 37.6 Å². The van der Waals surface area contributed by atoms with Crippen molar-refractivity contribution in [1.29, 1.82) is 0 Å². The highest BCUT2D eigenvalue weighted by atomic mass is 16.7. The zero-order valence-electron chi connectivity index (χ0n) is 11.0. The zero-order valence-corrected chi connectivity index (χ0v) is 11.0. The fraction of sp³-hybridized carbons (Fsp3) is 0.571. The third-order valence-corrected chi connectivity index (χ3v) is 3.05. The highest BCUT2D eigenvalue weighted by Gasteiger charge is 2.38. The van der Waals surface area contributed by atoms with E-state index in [1.54, 1.807) is 0 Å². The molecule has 0 amide bonds. The molecule has 2 unspecified atom stereocenters. The lowest BCUT2D eigenvalue weighted by atomic mass is 10.1. The molecule has 1 aromatic rings. The minimum absolute atomic E-state index is 0.0222. The second-order valence-corrected chi connectivity index (χ2v) is 4.61. The Morgan fingerprint density at radius 3 is 2.67 bits per heavy atom. The van der Waals surface area contributed by atoms with Gasteiger partial charge in [0, 0.05) is 12.1 Å². The number of hydrogen-bond acceptors (Lipinski definition) is 4. The van der Waals surface area contributed by atoms with Crippen LogP contribution in [0.4, 0.5) is 0 Å². The second kappa shape index (κ2) is 5.69. The van der Waals surface area contributed by atoms with Crippen molar-refractivity contribution >= 4 is 0 Å². The molecule has 18 heavy (non-hydrogen) atoms. The molecule has 1 aromatic carbocycles. The summed E-state index contributed by atoms with van der Waals surface area (Å²) in [6.45, 7) is 5.76. The van der Waals surface area contributed by atoms with E-state index in [0.717, 1.165) is 24.3 Å². The minimum Gasteiger partial charge on any atom is -0.494 e. The molecule has 0 aromatic heterocycles.